The maximum absolute atomic E-state index is 10.00. The summed E-state index contributed by atoms with van der Waals surface area (Å²) in [6.07, 6.45) is -2.47. The normalized spacial score (nSPS) is 22.6. The molecule has 5 nitrogen and oxygen atoms in total. The van der Waals surface area contributed by atoms with Crippen molar-refractivity contribution < 1.29 is 10.2 Å². The van der Waals surface area contributed by atoms with Crippen molar-refractivity contribution in [3.8, 4) is 12.1 Å². The molecular weight excluding hydrogens is 218 g/mol. The first-order valence-electron chi connectivity index (χ1n) is 4.90. The molecule has 0 heterocycles. The average Bonchev–Trinajstić information content (AvgIpc) is 2.33. The molecule has 2 atom stereocenters. The molecule has 0 bridgehead atoms. The van der Waals surface area contributed by atoms with E-state index in [9.17, 15) is 10.2 Å². The van der Waals surface area contributed by atoms with E-state index in [0.717, 1.165) is 0 Å². The van der Waals surface area contributed by atoms with Crippen molar-refractivity contribution in [2.45, 2.75) is 12.2 Å². The first-order valence-corrected chi connectivity index (χ1v) is 4.90. The number of nitrogens with zero attached hydrogens (tertiary/aromatic N) is 2. The summed E-state index contributed by atoms with van der Waals surface area (Å²) in [5, 5.41) is 37.8. The fraction of sp³-hybridized carbons (Fsp3) is 0.167. The second-order valence-electron chi connectivity index (χ2n) is 3.71. The van der Waals surface area contributed by atoms with Gasteiger partial charge in [-0.15, -0.1) is 0 Å². The topological polar surface area (TPSA) is 114 Å². The van der Waals surface area contributed by atoms with Gasteiger partial charge in [0.05, 0.1) is 23.3 Å². The third-order valence-corrected chi connectivity index (χ3v) is 2.82. The standard InChI is InChI=1S/C12H9N3O2/c13-4-7-8(5-14)12(17)10-6(11(7)16)2-1-3-9(10)15/h1-3,11-12,16-17H,15H2. The maximum Gasteiger partial charge on any atom is 0.117 e. The first kappa shape index (κ1) is 11.2. The summed E-state index contributed by atoms with van der Waals surface area (Å²) in [7, 11) is 0. The largest absolute Gasteiger partial charge is 0.398 e. The van der Waals surface area contributed by atoms with E-state index in [1.807, 2.05) is 0 Å². The van der Waals surface area contributed by atoms with Gasteiger partial charge in [-0.1, -0.05) is 12.1 Å². The zero-order valence-electron chi connectivity index (χ0n) is 8.75. The maximum atomic E-state index is 10.00. The summed E-state index contributed by atoms with van der Waals surface area (Å²) in [5.41, 5.74) is 6.40. The highest BCUT2D eigenvalue weighted by molar-refractivity contribution is 5.62. The van der Waals surface area contributed by atoms with Crippen LogP contribution in [0.15, 0.2) is 29.3 Å². The number of aliphatic hydroxyl groups excluding tert-OH is 2. The zero-order valence-corrected chi connectivity index (χ0v) is 8.75. The summed E-state index contributed by atoms with van der Waals surface area (Å²) in [4.78, 5) is 0. The molecule has 0 aromatic heterocycles. The van der Waals surface area contributed by atoms with Crippen LogP contribution in [0.2, 0.25) is 0 Å². The third kappa shape index (κ3) is 1.46. The molecule has 17 heavy (non-hydrogen) atoms. The van der Waals surface area contributed by atoms with E-state index in [1.165, 1.54) is 0 Å². The van der Waals surface area contributed by atoms with Crippen molar-refractivity contribution in [1.82, 2.24) is 0 Å². The van der Waals surface area contributed by atoms with Crippen LogP contribution in [-0.2, 0) is 0 Å². The SMILES string of the molecule is N#CC1=C(C#N)C(O)c2c(N)cccc2C1O. The molecule has 84 valence electrons. The highest BCUT2D eigenvalue weighted by atomic mass is 16.3. The Morgan fingerprint density at radius 1 is 1.06 bits per heavy atom. The van der Waals surface area contributed by atoms with Crippen LogP contribution in [0.5, 0.6) is 0 Å². The van der Waals surface area contributed by atoms with Crippen molar-refractivity contribution in [3.63, 3.8) is 0 Å². The lowest BCUT2D eigenvalue weighted by molar-refractivity contribution is 0.177. The summed E-state index contributed by atoms with van der Waals surface area (Å²) in [5.74, 6) is 0. The van der Waals surface area contributed by atoms with E-state index < -0.39 is 12.2 Å². The minimum absolute atomic E-state index is 0.127. The molecule has 0 saturated carbocycles. The van der Waals surface area contributed by atoms with Crippen LogP contribution in [-0.4, -0.2) is 10.2 Å². The number of nitrogen functional groups attached to an aromatic ring is 1. The van der Waals surface area contributed by atoms with Crippen molar-refractivity contribution >= 4 is 5.69 Å². The molecule has 1 aliphatic rings. The number of nitriles is 2. The van der Waals surface area contributed by atoms with E-state index in [0.29, 0.717) is 16.8 Å². The molecule has 1 aromatic rings. The predicted molar refractivity (Wildman–Crippen MR) is 59.0 cm³/mol. The number of aliphatic hydroxyl groups is 2. The fourth-order valence-electron chi connectivity index (χ4n) is 1.99. The second kappa shape index (κ2) is 3.91. The Kier molecular flexibility index (Phi) is 2.57. The summed E-state index contributed by atoms with van der Waals surface area (Å²) in [6.45, 7) is 0. The molecule has 2 unspecified atom stereocenters. The van der Waals surface area contributed by atoms with Crippen LogP contribution in [0.25, 0.3) is 0 Å². The quantitative estimate of drug-likeness (QED) is 0.564. The minimum atomic E-state index is -1.26. The minimum Gasteiger partial charge on any atom is -0.398 e. The van der Waals surface area contributed by atoms with Gasteiger partial charge in [-0.25, -0.2) is 0 Å². The Labute approximate surface area is 97.6 Å². The number of hydrogen-bond acceptors (Lipinski definition) is 5. The molecule has 0 amide bonds. The number of nitrogens with two attached hydrogens (primary N) is 1. The van der Waals surface area contributed by atoms with Gasteiger partial charge in [0.2, 0.25) is 0 Å². The van der Waals surface area contributed by atoms with Crippen LogP contribution < -0.4 is 5.73 Å². The number of rotatable bonds is 0. The van der Waals surface area contributed by atoms with Crippen LogP contribution >= 0.6 is 0 Å². The lowest BCUT2D eigenvalue weighted by Crippen LogP contribution is -2.19. The Bertz CT molecular complexity index is 593. The van der Waals surface area contributed by atoms with Gasteiger partial charge in [0.25, 0.3) is 0 Å². The fourth-order valence-corrected chi connectivity index (χ4v) is 1.99. The highest BCUT2D eigenvalue weighted by Crippen LogP contribution is 2.42. The molecule has 0 fully saturated rings. The highest BCUT2D eigenvalue weighted by Gasteiger charge is 2.34. The van der Waals surface area contributed by atoms with Crippen LogP contribution in [0, 0.1) is 22.7 Å². The Balaban J connectivity index is 2.75. The van der Waals surface area contributed by atoms with E-state index in [4.69, 9.17) is 16.3 Å². The molecule has 0 saturated heterocycles. The van der Waals surface area contributed by atoms with Gasteiger partial charge in [0.15, 0.2) is 0 Å². The first-order chi connectivity index (χ1) is 8.11. The van der Waals surface area contributed by atoms with E-state index in [2.05, 4.69) is 0 Å². The van der Waals surface area contributed by atoms with Crippen molar-refractivity contribution in [2.24, 2.45) is 0 Å². The van der Waals surface area contributed by atoms with E-state index >= 15 is 0 Å². The van der Waals surface area contributed by atoms with Crippen LogP contribution in [0.3, 0.4) is 0 Å². The van der Waals surface area contributed by atoms with Gasteiger partial charge in [0.1, 0.15) is 12.2 Å². The van der Waals surface area contributed by atoms with Crippen LogP contribution in [0.4, 0.5) is 5.69 Å². The lowest BCUT2D eigenvalue weighted by Gasteiger charge is -2.26. The third-order valence-electron chi connectivity index (χ3n) is 2.82. The number of benzene rings is 1. The molecule has 4 N–H and O–H groups in total. The second-order valence-corrected chi connectivity index (χ2v) is 3.71. The van der Waals surface area contributed by atoms with Gasteiger partial charge >= 0.3 is 0 Å². The van der Waals surface area contributed by atoms with Gasteiger partial charge in [-0.05, 0) is 11.6 Å². The van der Waals surface area contributed by atoms with Gasteiger partial charge in [0, 0.05) is 11.3 Å². The molecule has 0 spiro atoms. The molecule has 1 aromatic carbocycles. The zero-order chi connectivity index (χ0) is 12.6. The molecule has 5 heteroatoms. The Morgan fingerprint density at radius 2 is 1.65 bits per heavy atom. The van der Waals surface area contributed by atoms with Crippen molar-refractivity contribution in [3.05, 3.63) is 40.5 Å². The predicted octanol–water partition coefficient (Wildman–Crippen LogP) is 0.693. The Hall–Kier alpha value is -2.34. The monoisotopic (exact) mass is 227 g/mol. The number of hydrogen-bond donors (Lipinski definition) is 3. The van der Waals surface area contributed by atoms with Gasteiger partial charge in [-0.2, -0.15) is 10.5 Å². The summed E-state index contributed by atoms with van der Waals surface area (Å²) >= 11 is 0. The summed E-state index contributed by atoms with van der Waals surface area (Å²) in [6, 6.07) is 8.26. The summed E-state index contributed by atoms with van der Waals surface area (Å²) < 4.78 is 0. The van der Waals surface area contributed by atoms with Crippen molar-refractivity contribution in [2.75, 3.05) is 5.73 Å². The van der Waals surface area contributed by atoms with E-state index in [-0.39, 0.29) is 11.1 Å². The van der Waals surface area contributed by atoms with Gasteiger partial charge in [-0.3, -0.25) is 0 Å². The molecule has 0 aliphatic heterocycles. The number of anilines is 1. The average molecular weight is 227 g/mol. The molecular formula is C12H9N3O2. The molecule has 2 rings (SSSR count). The number of fused-ring (bicyclic) bond motifs is 1. The Morgan fingerprint density at radius 3 is 2.24 bits per heavy atom. The molecule has 1 aliphatic carbocycles. The smallest absolute Gasteiger partial charge is 0.117 e. The van der Waals surface area contributed by atoms with Crippen molar-refractivity contribution in [1.29, 1.82) is 10.5 Å². The van der Waals surface area contributed by atoms with E-state index in [1.54, 1.807) is 30.3 Å². The lowest BCUT2D eigenvalue weighted by atomic mass is 9.82. The molecule has 0 radical (unpaired) electrons. The van der Waals surface area contributed by atoms with Gasteiger partial charge < -0.3 is 15.9 Å². The van der Waals surface area contributed by atoms with Crippen LogP contribution in [0.1, 0.15) is 23.3 Å².